The summed E-state index contributed by atoms with van der Waals surface area (Å²) in [6, 6.07) is 0. The zero-order valence-corrected chi connectivity index (χ0v) is 4.92. The lowest BCUT2D eigenvalue weighted by molar-refractivity contribution is -0.568. The Balaban J connectivity index is 3.80. The van der Waals surface area contributed by atoms with Gasteiger partial charge in [-0.3, -0.25) is 10.1 Å². The SMILES string of the molecule is C[NH2+]/C=C(/C)[N+](=O)[O-]. The van der Waals surface area contributed by atoms with Crippen LogP contribution >= 0.6 is 0 Å². The van der Waals surface area contributed by atoms with Gasteiger partial charge in [-0.15, -0.1) is 0 Å². The van der Waals surface area contributed by atoms with Crippen LogP contribution < -0.4 is 5.32 Å². The second-order valence-electron chi connectivity index (χ2n) is 1.40. The minimum Gasteiger partial charge on any atom is -0.317 e. The Bertz CT molecular complexity index is 119. The third kappa shape index (κ3) is 2.30. The first-order chi connectivity index (χ1) is 3.68. The highest BCUT2D eigenvalue weighted by Gasteiger charge is 2.00. The number of allylic oxidation sites excluding steroid dienone is 1. The fraction of sp³-hybridized carbons (Fsp3) is 0.500. The predicted octanol–water partition coefficient (Wildman–Crippen LogP) is -0.682. The van der Waals surface area contributed by atoms with Gasteiger partial charge in [0, 0.05) is 6.92 Å². The summed E-state index contributed by atoms with van der Waals surface area (Å²) in [4.78, 5) is 9.39. The van der Waals surface area contributed by atoms with Crippen molar-refractivity contribution in [2.45, 2.75) is 6.92 Å². The molecule has 0 aliphatic heterocycles. The molecule has 46 valence electrons. The van der Waals surface area contributed by atoms with Crippen LogP contribution in [0.5, 0.6) is 0 Å². The Morgan fingerprint density at radius 2 is 2.38 bits per heavy atom. The van der Waals surface area contributed by atoms with E-state index < -0.39 is 4.92 Å². The molecule has 0 heterocycles. The van der Waals surface area contributed by atoms with E-state index in [1.165, 1.54) is 13.1 Å². The van der Waals surface area contributed by atoms with Crippen LogP contribution in [0.4, 0.5) is 0 Å². The lowest BCUT2D eigenvalue weighted by Crippen LogP contribution is -2.73. The molecule has 0 aliphatic rings. The van der Waals surface area contributed by atoms with Gasteiger partial charge in [0.05, 0.1) is 12.0 Å². The van der Waals surface area contributed by atoms with Crippen LogP contribution in [-0.4, -0.2) is 12.0 Å². The molecular formula is C4H9N2O2+. The number of nitrogens with zero attached hydrogens (tertiary/aromatic N) is 1. The maximum absolute atomic E-state index is 9.81. The molecule has 0 rings (SSSR count). The van der Waals surface area contributed by atoms with Crippen molar-refractivity contribution in [2.24, 2.45) is 0 Å². The first kappa shape index (κ1) is 7.10. The Morgan fingerprint density at radius 1 is 1.88 bits per heavy atom. The van der Waals surface area contributed by atoms with Crippen LogP contribution in [-0.2, 0) is 0 Å². The van der Waals surface area contributed by atoms with Crippen molar-refractivity contribution in [1.82, 2.24) is 0 Å². The summed E-state index contributed by atoms with van der Waals surface area (Å²) in [6.07, 6.45) is 1.46. The van der Waals surface area contributed by atoms with Gasteiger partial charge < -0.3 is 5.32 Å². The Hall–Kier alpha value is -0.900. The first-order valence-electron chi connectivity index (χ1n) is 2.29. The van der Waals surface area contributed by atoms with Crippen molar-refractivity contribution in [3.8, 4) is 0 Å². The van der Waals surface area contributed by atoms with Crippen LogP contribution in [0.3, 0.4) is 0 Å². The molecule has 0 radical (unpaired) electrons. The third-order valence-corrected chi connectivity index (χ3v) is 0.696. The fourth-order valence-corrected chi connectivity index (χ4v) is 0.302. The molecule has 0 unspecified atom stereocenters. The van der Waals surface area contributed by atoms with Crippen molar-refractivity contribution in [1.29, 1.82) is 0 Å². The number of hydrogen-bond donors (Lipinski definition) is 1. The molecule has 4 nitrogen and oxygen atoms in total. The van der Waals surface area contributed by atoms with Gasteiger partial charge >= 0.3 is 0 Å². The van der Waals surface area contributed by atoms with E-state index in [1.54, 1.807) is 12.4 Å². The number of nitro groups is 1. The molecule has 0 aliphatic carbocycles. The van der Waals surface area contributed by atoms with E-state index in [4.69, 9.17) is 0 Å². The van der Waals surface area contributed by atoms with E-state index in [-0.39, 0.29) is 5.70 Å². The average Bonchev–Trinajstić information content (AvgIpc) is 1.67. The third-order valence-electron chi connectivity index (χ3n) is 0.696. The maximum Gasteiger partial charge on any atom is 0.295 e. The summed E-state index contributed by atoms with van der Waals surface area (Å²) in [7, 11) is 1.74. The Kier molecular flexibility index (Phi) is 2.79. The molecular weight excluding hydrogens is 108 g/mol. The van der Waals surface area contributed by atoms with Crippen molar-refractivity contribution in [3.05, 3.63) is 22.0 Å². The molecule has 0 spiro atoms. The van der Waals surface area contributed by atoms with E-state index in [0.717, 1.165) is 0 Å². The Labute approximate surface area is 47.3 Å². The quantitative estimate of drug-likeness (QED) is 0.384. The smallest absolute Gasteiger partial charge is 0.295 e. The first-order valence-corrected chi connectivity index (χ1v) is 2.29. The highest BCUT2D eigenvalue weighted by Crippen LogP contribution is 1.85. The highest BCUT2D eigenvalue weighted by atomic mass is 16.6. The standard InChI is InChI=1S/C4H8N2O2/c1-4(3-5-2)6(7)8/h3,5H,1-2H3/p+1/b4-3-. The molecule has 0 amide bonds. The van der Waals surface area contributed by atoms with E-state index in [2.05, 4.69) is 0 Å². The maximum atomic E-state index is 9.81. The summed E-state index contributed by atoms with van der Waals surface area (Å²) in [5, 5.41) is 11.4. The van der Waals surface area contributed by atoms with Crippen LogP contribution in [0, 0.1) is 10.1 Å². The number of rotatable bonds is 2. The van der Waals surface area contributed by atoms with Gasteiger partial charge in [0.15, 0.2) is 6.20 Å². The minimum atomic E-state index is -0.417. The molecule has 0 saturated carbocycles. The largest absolute Gasteiger partial charge is 0.317 e. The van der Waals surface area contributed by atoms with Gasteiger partial charge in [-0.25, -0.2) is 0 Å². The zero-order valence-electron chi connectivity index (χ0n) is 4.92. The zero-order chi connectivity index (χ0) is 6.57. The van der Waals surface area contributed by atoms with Gasteiger partial charge in [0.1, 0.15) is 0 Å². The van der Waals surface area contributed by atoms with Crippen LogP contribution in [0.2, 0.25) is 0 Å². The highest BCUT2D eigenvalue weighted by molar-refractivity contribution is 4.75. The number of nitrogens with two attached hydrogens (primary N) is 1. The van der Waals surface area contributed by atoms with Gasteiger partial charge in [0.2, 0.25) is 0 Å². The summed E-state index contributed by atoms with van der Waals surface area (Å²) in [6.45, 7) is 1.46. The van der Waals surface area contributed by atoms with Gasteiger partial charge in [0.25, 0.3) is 5.70 Å². The average molecular weight is 117 g/mol. The molecule has 8 heavy (non-hydrogen) atoms. The van der Waals surface area contributed by atoms with Gasteiger partial charge in [-0.2, -0.15) is 0 Å². The molecule has 0 fully saturated rings. The molecule has 0 atom stereocenters. The number of quaternary nitrogens is 1. The molecule has 0 aromatic heterocycles. The normalized spacial score (nSPS) is 11.5. The van der Waals surface area contributed by atoms with Crippen LogP contribution in [0.15, 0.2) is 11.9 Å². The topological polar surface area (TPSA) is 59.8 Å². The van der Waals surface area contributed by atoms with Gasteiger partial charge in [-0.05, 0) is 0 Å². The second-order valence-corrected chi connectivity index (χ2v) is 1.40. The van der Waals surface area contributed by atoms with E-state index in [1.807, 2.05) is 0 Å². The summed E-state index contributed by atoms with van der Waals surface area (Å²) in [5.74, 6) is 0. The number of hydrogen-bond acceptors (Lipinski definition) is 2. The Morgan fingerprint density at radius 3 is 2.50 bits per heavy atom. The molecule has 0 aromatic carbocycles. The fourth-order valence-electron chi connectivity index (χ4n) is 0.302. The molecule has 0 aromatic rings. The lowest BCUT2D eigenvalue weighted by Gasteiger charge is -1.83. The van der Waals surface area contributed by atoms with E-state index in [0.29, 0.717) is 0 Å². The molecule has 0 bridgehead atoms. The van der Waals surface area contributed by atoms with Crippen molar-refractivity contribution < 1.29 is 10.2 Å². The summed E-state index contributed by atoms with van der Waals surface area (Å²) < 4.78 is 0. The van der Waals surface area contributed by atoms with E-state index >= 15 is 0 Å². The second kappa shape index (κ2) is 3.15. The molecule has 2 N–H and O–H groups in total. The summed E-state index contributed by atoms with van der Waals surface area (Å²) >= 11 is 0. The molecule has 0 saturated heterocycles. The predicted molar refractivity (Wildman–Crippen MR) is 28.6 cm³/mol. The van der Waals surface area contributed by atoms with Crippen molar-refractivity contribution in [3.63, 3.8) is 0 Å². The van der Waals surface area contributed by atoms with Gasteiger partial charge in [-0.1, -0.05) is 0 Å². The van der Waals surface area contributed by atoms with Crippen molar-refractivity contribution >= 4 is 0 Å². The minimum absolute atomic E-state index is 0.174. The van der Waals surface area contributed by atoms with Crippen molar-refractivity contribution in [2.75, 3.05) is 7.05 Å². The van der Waals surface area contributed by atoms with Crippen LogP contribution in [0.25, 0.3) is 0 Å². The monoisotopic (exact) mass is 117 g/mol. The van der Waals surface area contributed by atoms with Crippen LogP contribution in [0.1, 0.15) is 6.92 Å². The summed E-state index contributed by atoms with van der Waals surface area (Å²) in [5.41, 5.74) is 0.174. The lowest BCUT2D eigenvalue weighted by atomic mass is 10.6. The molecule has 4 heteroatoms. The van der Waals surface area contributed by atoms with E-state index in [9.17, 15) is 10.1 Å².